The number of phenols is 1. The number of phenolic OH excluding ortho intramolecular Hbond substituents is 1. The Hall–Kier alpha value is -2.94. The van der Waals surface area contributed by atoms with E-state index in [0.29, 0.717) is 12.2 Å². The summed E-state index contributed by atoms with van der Waals surface area (Å²) < 4.78 is 10.7. The molecule has 2 aromatic carbocycles. The first kappa shape index (κ1) is 24.3. The highest BCUT2D eigenvalue weighted by molar-refractivity contribution is 5.94. The van der Waals surface area contributed by atoms with Gasteiger partial charge >= 0.3 is 0 Å². The summed E-state index contributed by atoms with van der Waals surface area (Å²) in [6.45, 7) is 4.47. The van der Waals surface area contributed by atoms with Crippen molar-refractivity contribution >= 4 is 11.8 Å². The van der Waals surface area contributed by atoms with E-state index in [9.17, 15) is 19.9 Å². The topological polar surface area (TPSA) is 117 Å². The first-order valence-electron chi connectivity index (χ1n) is 10.2. The molecule has 0 aromatic heterocycles. The Bertz CT molecular complexity index is 840. The van der Waals surface area contributed by atoms with Gasteiger partial charge in [0.2, 0.25) is 5.91 Å². The van der Waals surface area contributed by atoms with Gasteiger partial charge < -0.3 is 19.9 Å². The molecule has 8 nitrogen and oxygen atoms in total. The number of aromatic hydroxyl groups is 1. The second-order valence-electron chi connectivity index (χ2n) is 7.30. The Morgan fingerprint density at radius 3 is 2.48 bits per heavy atom. The average molecular weight is 431 g/mol. The summed E-state index contributed by atoms with van der Waals surface area (Å²) in [6.07, 6.45) is 0.481. The molecule has 0 saturated carbocycles. The molecule has 2 rings (SSSR count). The molecule has 4 N–H and O–H groups in total. The Balaban J connectivity index is 2.13. The van der Waals surface area contributed by atoms with Gasteiger partial charge in [-0.3, -0.25) is 14.8 Å². The van der Waals surface area contributed by atoms with Gasteiger partial charge in [0, 0.05) is 18.1 Å². The lowest BCUT2D eigenvalue weighted by atomic mass is 9.92. The van der Waals surface area contributed by atoms with Crippen LogP contribution < -0.4 is 10.8 Å². The highest BCUT2D eigenvalue weighted by Gasteiger charge is 2.25. The predicted octanol–water partition coefficient (Wildman–Crippen LogP) is 2.56. The van der Waals surface area contributed by atoms with E-state index in [-0.39, 0.29) is 37.9 Å². The third-order valence-electron chi connectivity index (χ3n) is 4.78. The lowest BCUT2D eigenvalue weighted by Gasteiger charge is -2.24. The summed E-state index contributed by atoms with van der Waals surface area (Å²) in [6, 6.07) is 13.2. The standard InChI is InChI=1S/C23H30N2O6/c1-3-30-15-31-14-20(24-22(27)18-9-7-16(2)8-10-18)13-19(23(28)25-29)11-17-5-4-6-21(26)12-17/h4-10,12,19-20,26,29H,3,11,13-15H2,1-2H3,(H,24,27)(H,25,28)/t19-,20-/m0/s1. The van der Waals surface area contributed by atoms with Crippen LogP contribution in [-0.4, -0.2) is 48.2 Å². The van der Waals surface area contributed by atoms with E-state index in [1.165, 1.54) is 6.07 Å². The number of benzene rings is 2. The van der Waals surface area contributed by atoms with Crippen molar-refractivity contribution in [1.29, 1.82) is 0 Å². The molecule has 0 fully saturated rings. The first-order chi connectivity index (χ1) is 14.9. The molecule has 2 atom stereocenters. The SMILES string of the molecule is CCOCOC[C@H](C[C@H](Cc1cccc(O)c1)C(=O)NO)NC(=O)c1ccc(C)cc1. The number of aryl methyl sites for hydroxylation is 1. The molecule has 0 bridgehead atoms. The Morgan fingerprint density at radius 1 is 1.10 bits per heavy atom. The van der Waals surface area contributed by atoms with Gasteiger partial charge in [-0.05, 0) is 56.5 Å². The van der Waals surface area contributed by atoms with Crippen LogP contribution in [0, 0.1) is 12.8 Å². The van der Waals surface area contributed by atoms with Crippen molar-refractivity contribution in [1.82, 2.24) is 10.8 Å². The van der Waals surface area contributed by atoms with E-state index in [1.807, 2.05) is 26.0 Å². The molecule has 0 aliphatic carbocycles. The molecule has 0 radical (unpaired) electrons. The fourth-order valence-electron chi connectivity index (χ4n) is 3.16. The van der Waals surface area contributed by atoms with Crippen molar-refractivity contribution in [2.45, 2.75) is 32.7 Å². The minimum absolute atomic E-state index is 0.0663. The molecule has 0 saturated heterocycles. The molecule has 31 heavy (non-hydrogen) atoms. The fraction of sp³-hybridized carbons (Fsp3) is 0.391. The third kappa shape index (κ3) is 8.37. The molecule has 0 aliphatic rings. The van der Waals surface area contributed by atoms with Gasteiger partial charge in [-0.2, -0.15) is 0 Å². The quantitative estimate of drug-likeness (QED) is 0.178. The number of ether oxygens (including phenoxy) is 2. The number of rotatable bonds is 12. The molecular formula is C23H30N2O6. The van der Waals surface area contributed by atoms with Crippen LogP contribution in [-0.2, 0) is 20.7 Å². The maximum Gasteiger partial charge on any atom is 0.251 e. The van der Waals surface area contributed by atoms with E-state index in [0.717, 1.165) is 11.1 Å². The minimum Gasteiger partial charge on any atom is -0.508 e. The van der Waals surface area contributed by atoms with E-state index >= 15 is 0 Å². The highest BCUT2D eigenvalue weighted by atomic mass is 16.7. The molecule has 0 heterocycles. The maximum absolute atomic E-state index is 12.7. The summed E-state index contributed by atoms with van der Waals surface area (Å²) in [5.41, 5.74) is 3.96. The molecule has 0 unspecified atom stereocenters. The zero-order valence-electron chi connectivity index (χ0n) is 17.8. The molecule has 0 aliphatic heterocycles. The number of amides is 2. The van der Waals surface area contributed by atoms with E-state index in [4.69, 9.17) is 9.47 Å². The normalized spacial score (nSPS) is 12.7. The molecular weight excluding hydrogens is 400 g/mol. The van der Waals surface area contributed by atoms with Gasteiger partial charge in [0.05, 0.1) is 12.6 Å². The van der Waals surface area contributed by atoms with Gasteiger partial charge in [0.15, 0.2) is 0 Å². The minimum atomic E-state index is -0.661. The monoisotopic (exact) mass is 430 g/mol. The van der Waals surface area contributed by atoms with Gasteiger partial charge in [0.1, 0.15) is 12.5 Å². The number of hydrogen-bond donors (Lipinski definition) is 4. The lowest BCUT2D eigenvalue weighted by Crippen LogP contribution is -2.42. The summed E-state index contributed by atoms with van der Waals surface area (Å²) in [4.78, 5) is 25.0. The second-order valence-corrected chi connectivity index (χ2v) is 7.30. The number of hydroxylamine groups is 1. The molecule has 8 heteroatoms. The van der Waals surface area contributed by atoms with Gasteiger partial charge in [-0.25, -0.2) is 5.48 Å². The van der Waals surface area contributed by atoms with Gasteiger partial charge in [0.25, 0.3) is 5.91 Å². The summed E-state index contributed by atoms with van der Waals surface area (Å²) >= 11 is 0. The van der Waals surface area contributed by atoms with Crippen molar-refractivity contribution in [3.8, 4) is 5.75 Å². The zero-order chi connectivity index (χ0) is 22.6. The van der Waals surface area contributed by atoms with Crippen LogP contribution in [0.25, 0.3) is 0 Å². The largest absolute Gasteiger partial charge is 0.508 e. The first-order valence-corrected chi connectivity index (χ1v) is 10.2. The molecule has 2 aromatic rings. The Kier molecular flexibility index (Phi) is 9.96. The Labute approximate surface area is 182 Å². The van der Waals surface area contributed by atoms with Crippen LogP contribution in [0.4, 0.5) is 0 Å². The molecule has 2 amide bonds. The van der Waals surface area contributed by atoms with E-state index < -0.39 is 17.9 Å². The average Bonchev–Trinajstić information content (AvgIpc) is 2.76. The molecule has 0 spiro atoms. The van der Waals surface area contributed by atoms with Crippen LogP contribution in [0.1, 0.15) is 34.8 Å². The summed E-state index contributed by atoms with van der Waals surface area (Å²) in [7, 11) is 0. The Morgan fingerprint density at radius 2 is 1.84 bits per heavy atom. The number of hydrogen-bond acceptors (Lipinski definition) is 6. The highest BCUT2D eigenvalue weighted by Crippen LogP contribution is 2.19. The predicted molar refractivity (Wildman–Crippen MR) is 115 cm³/mol. The van der Waals surface area contributed by atoms with Crippen molar-refractivity contribution in [3.05, 3.63) is 65.2 Å². The maximum atomic E-state index is 12.7. The fourth-order valence-corrected chi connectivity index (χ4v) is 3.16. The van der Waals surface area contributed by atoms with Crippen molar-refractivity contribution < 1.29 is 29.4 Å². The van der Waals surface area contributed by atoms with Gasteiger partial charge in [-0.1, -0.05) is 29.8 Å². The van der Waals surface area contributed by atoms with Crippen LogP contribution in [0.5, 0.6) is 5.75 Å². The van der Waals surface area contributed by atoms with Crippen LogP contribution in [0.2, 0.25) is 0 Å². The van der Waals surface area contributed by atoms with E-state index in [2.05, 4.69) is 5.32 Å². The number of carbonyl (C=O) groups excluding carboxylic acids is 2. The van der Waals surface area contributed by atoms with E-state index in [1.54, 1.807) is 35.8 Å². The van der Waals surface area contributed by atoms with Crippen molar-refractivity contribution in [2.24, 2.45) is 5.92 Å². The van der Waals surface area contributed by atoms with Crippen molar-refractivity contribution in [3.63, 3.8) is 0 Å². The number of carbonyl (C=O) groups is 2. The van der Waals surface area contributed by atoms with Crippen LogP contribution in [0.15, 0.2) is 48.5 Å². The number of nitrogens with one attached hydrogen (secondary N) is 2. The second kappa shape index (κ2) is 12.7. The third-order valence-corrected chi connectivity index (χ3v) is 4.78. The van der Waals surface area contributed by atoms with Gasteiger partial charge in [-0.15, -0.1) is 0 Å². The van der Waals surface area contributed by atoms with Crippen LogP contribution >= 0.6 is 0 Å². The smallest absolute Gasteiger partial charge is 0.251 e. The van der Waals surface area contributed by atoms with Crippen LogP contribution in [0.3, 0.4) is 0 Å². The summed E-state index contributed by atoms with van der Waals surface area (Å²) in [5.74, 6) is -1.44. The summed E-state index contributed by atoms with van der Waals surface area (Å²) in [5, 5.41) is 21.8. The molecule has 168 valence electrons. The lowest BCUT2D eigenvalue weighted by molar-refractivity contribution is -0.134. The zero-order valence-corrected chi connectivity index (χ0v) is 17.8. The van der Waals surface area contributed by atoms with Crippen molar-refractivity contribution in [2.75, 3.05) is 20.0 Å².